The van der Waals surface area contributed by atoms with Crippen molar-refractivity contribution in [1.82, 2.24) is 4.72 Å². The van der Waals surface area contributed by atoms with Crippen LogP contribution in [0.2, 0.25) is 4.34 Å². The van der Waals surface area contributed by atoms with E-state index in [1.54, 1.807) is 13.8 Å². The van der Waals surface area contributed by atoms with Crippen molar-refractivity contribution in [3.8, 4) is 0 Å². The number of hydrogen-bond acceptors (Lipinski definition) is 5. The van der Waals surface area contributed by atoms with Crippen molar-refractivity contribution in [1.29, 1.82) is 0 Å². The molecular weight excluding hydrogens is 298 g/mol. The maximum Gasteiger partial charge on any atom is 0.323 e. The van der Waals surface area contributed by atoms with Gasteiger partial charge in [0.15, 0.2) is 0 Å². The minimum Gasteiger partial charge on any atom is -0.465 e. The van der Waals surface area contributed by atoms with E-state index in [4.69, 9.17) is 16.3 Å². The fourth-order valence-corrected chi connectivity index (χ4v) is 4.09. The van der Waals surface area contributed by atoms with E-state index in [0.29, 0.717) is 9.90 Å². The van der Waals surface area contributed by atoms with Crippen LogP contribution in [0.1, 0.15) is 19.4 Å². The largest absolute Gasteiger partial charge is 0.465 e. The maximum absolute atomic E-state index is 11.9. The molecule has 1 N–H and O–H groups in total. The molecule has 1 unspecified atom stereocenters. The Morgan fingerprint density at radius 2 is 2.22 bits per heavy atom. The van der Waals surface area contributed by atoms with Crippen molar-refractivity contribution in [3.05, 3.63) is 16.0 Å². The second-order valence-corrected chi connectivity index (χ2v) is 7.21. The summed E-state index contributed by atoms with van der Waals surface area (Å²) < 4.78 is 31.4. The van der Waals surface area contributed by atoms with Gasteiger partial charge in [0.25, 0.3) is 10.0 Å². The highest BCUT2D eigenvalue weighted by Gasteiger charge is 2.24. The molecule has 1 atom stereocenters. The van der Waals surface area contributed by atoms with Crippen LogP contribution in [-0.4, -0.2) is 27.0 Å². The van der Waals surface area contributed by atoms with Gasteiger partial charge in [0.05, 0.1) is 10.9 Å². The van der Waals surface area contributed by atoms with Crippen molar-refractivity contribution in [2.45, 2.75) is 31.0 Å². The Hall–Kier alpha value is -0.630. The molecule has 18 heavy (non-hydrogen) atoms. The molecule has 0 saturated heterocycles. The molecule has 8 heteroatoms. The van der Waals surface area contributed by atoms with E-state index in [9.17, 15) is 13.2 Å². The van der Waals surface area contributed by atoms with Crippen molar-refractivity contribution >= 4 is 38.9 Å². The molecule has 102 valence electrons. The third kappa shape index (κ3) is 3.68. The summed E-state index contributed by atoms with van der Waals surface area (Å²) in [4.78, 5) is 11.4. The molecule has 5 nitrogen and oxygen atoms in total. The molecule has 0 aliphatic rings. The summed E-state index contributed by atoms with van der Waals surface area (Å²) >= 11 is 6.77. The molecule has 0 fully saturated rings. The molecule has 0 saturated carbocycles. The number of ether oxygens (including phenoxy) is 1. The molecule has 0 amide bonds. The van der Waals surface area contributed by atoms with Gasteiger partial charge in [-0.3, -0.25) is 4.79 Å². The zero-order valence-electron chi connectivity index (χ0n) is 10.2. The minimum absolute atomic E-state index is 0.0844. The molecule has 0 bridgehead atoms. The second kappa shape index (κ2) is 6.01. The molecular formula is C10H14ClNO4S2. The molecule has 0 aliphatic carbocycles. The average molecular weight is 312 g/mol. The van der Waals surface area contributed by atoms with Crippen LogP contribution in [0.3, 0.4) is 0 Å². The maximum atomic E-state index is 11.9. The number of hydrogen-bond donors (Lipinski definition) is 1. The first-order chi connectivity index (χ1) is 8.27. The van der Waals surface area contributed by atoms with E-state index in [1.165, 1.54) is 13.0 Å². The Morgan fingerprint density at radius 3 is 2.67 bits per heavy atom. The fraction of sp³-hybridized carbons (Fsp3) is 0.500. The molecule has 0 aromatic carbocycles. The summed E-state index contributed by atoms with van der Waals surface area (Å²) in [6.45, 7) is 5.00. The lowest BCUT2D eigenvalue weighted by atomic mass is 10.4. The number of carbonyl (C=O) groups is 1. The number of halogens is 1. The number of rotatable bonds is 5. The van der Waals surface area contributed by atoms with Crippen LogP contribution in [0.4, 0.5) is 0 Å². The molecule has 1 aromatic rings. The van der Waals surface area contributed by atoms with Crippen molar-refractivity contribution < 1.29 is 17.9 Å². The summed E-state index contributed by atoms with van der Waals surface area (Å²) in [5.41, 5.74) is 0.686. The predicted molar refractivity (Wildman–Crippen MR) is 70.5 cm³/mol. The quantitative estimate of drug-likeness (QED) is 0.843. The number of carbonyl (C=O) groups excluding carboxylic acids is 1. The second-order valence-electron chi connectivity index (χ2n) is 3.62. The van der Waals surface area contributed by atoms with Gasteiger partial charge < -0.3 is 4.74 Å². The van der Waals surface area contributed by atoms with Crippen LogP contribution < -0.4 is 4.72 Å². The van der Waals surface area contributed by atoms with Crippen molar-refractivity contribution in [3.63, 3.8) is 0 Å². The topological polar surface area (TPSA) is 72.5 Å². The first kappa shape index (κ1) is 15.4. The van der Waals surface area contributed by atoms with E-state index in [2.05, 4.69) is 4.72 Å². The summed E-state index contributed by atoms with van der Waals surface area (Å²) in [6.07, 6.45) is 0. The Morgan fingerprint density at radius 1 is 1.61 bits per heavy atom. The number of thiophene rings is 1. The van der Waals surface area contributed by atoms with Crippen LogP contribution in [0.25, 0.3) is 0 Å². The number of sulfonamides is 1. The molecule has 0 aliphatic heterocycles. The predicted octanol–water partition coefficient (Wildman–Crippen LogP) is 1.94. The van der Waals surface area contributed by atoms with Gasteiger partial charge in [0.1, 0.15) is 10.3 Å². The van der Waals surface area contributed by atoms with Crippen LogP contribution in [0.5, 0.6) is 0 Å². The number of nitrogens with one attached hydrogen (secondary N) is 1. The summed E-state index contributed by atoms with van der Waals surface area (Å²) in [5.74, 6) is -0.611. The Balaban J connectivity index is 2.85. The lowest BCUT2D eigenvalue weighted by Crippen LogP contribution is -2.39. The molecule has 1 heterocycles. The SMILES string of the molecule is CCOC(=O)C(C)NS(=O)(=O)c1cc(C)c(Cl)s1. The van der Waals surface area contributed by atoms with E-state index >= 15 is 0 Å². The van der Waals surface area contributed by atoms with E-state index in [1.807, 2.05) is 0 Å². The Kier molecular flexibility index (Phi) is 5.15. The lowest BCUT2D eigenvalue weighted by Gasteiger charge is -2.11. The summed E-state index contributed by atoms with van der Waals surface area (Å²) in [7, 11) is -3.74. The van der Waals surface area contributed by atoms with Gasteiger partial charge in [-0.05, 0) is 32.4 Å². The van der Waals surface area contributed by atoms with Gasteiger partial charge in [-0.25, -0.2) is 8.42 Å². The Labute approximate surface area is 115 Å². The van der Waals surface area contributed by atoms with Gasteiger partial charge in [-0.15, -0.1) is 11.3 Å². The zero-order chi connectivity index (χ0) is 13.9. The fourth-order valence-electron chi connectivity index (χ4n) is 1.17. The van der Waals surface area contributed by atoms with Gasteiger partial charge in [-0.2, -0.15) is 4.72 Å². The number of aryl methyl sites for hydroxylation is 1. The zero-order valence-corrected chi connectivity index (χ0v) is 12.6. The average Bonchev–Trinajstić information content (AvgIpc) is 2.60. The third-order valence-corrected chi connectivity index (χ3v) is 5.64. The highest BCUT2D eigenvalue weighted by atomic mass is 35.5. The summed E-state index contributed by atoms with van der Waals surface area (Å²) in [5, 5.41) is 0. The van der Waals surface area contributed by atoms with Crippen molar-refractivity contribution in [2.75, 3.05) is 6.61 Å². The smallest absolute Gasteiger partial charge is 0.323 e. The first-order valence-corrected chi connectivity index (χ1v) is 7.90. The lowest BCUT2D eigenvalue weighted by molar-refractivity contribution is -0.144. The van der Waals surface area contributed by atoms with Gasteiger partial charge in [-0.1, -0.05) is 11.6 Å². The highest BCUT2D eigenvalue weighted by molar-refractivity contribution is 7.91. The molecule has 1 aromatic heterocycles. The van der Waals surface area contributed by atoms with E-state index < -0.39 is 22.0 Å². The van der Waals surface area contributed by atoms with Gasteiger partial charge in [0.2, 0.25) is 0 Å². The van der Waals surface area contributed by atoms with Crippen LogP contribution in [0, 0.1) is 6.92 Å². The first-order valence-electron chi connectivity index (χ1n) is 5.22. The Bertz CT molecular complexity index is 519. The van der Waals surface area contributed by atoms with Crippen LogP contribution in [0.15, 0.2) is 10.3 Å². The van der Waals surface area contributed by atoms with Crippen LogP contribution in [-0.2, 0) is 19.6 Å². The standard InChI is InChI=1S/C10H14ClNO4S2/c1-4-16-10(13)7(3)12-18(14,15)8-5-6(2)9(11)17-8/h5,7,12H,4H2,1-3H3. The third-order valence-electron chi connectivity index (χ3n) is 2.07. The summed E-state index contributed by atoms with van der Waals surface area (Å²) in [6, 6.07) is 0.531. The molecule has 0 spiro atoms. The monoisotopic (exact) mass is 311 g/mol. The highest BCUT2D eigenvalue weighted by Crippen LogP contribution is 2.30. The molecule has 1 rings (SSSR count). The van der Waals surface area contributed by atoms with Gasteiger partial charge >= 0.3 is 5.97 Å². The van der Waals surface area contributed by atoms with E-state index in [-0.39, 0.29) is 10.8 Å². The number of esters is 1. The minimum atomic E-state index is -3.74. The normalized spacial score (nSPS) is 13.3. The van der Waals surface area contributed by atoms with E-state index in [0.717, 1.165) is 11.3 Å². The molecule has 0 radical (unpaired) electrons. The van der Waals surface area contributed by atoms with Crippen LogP contribution >= 0.6 is 22.9 Å². The van der Waals surface area contributed by atoms with Gasteiger partial charge in [0, 0.05) is 0 Å². The van der Waals surface area contributed by atoms with Crippen molar-refractivity contribution in [2.24, 2.45) is 0 Å².